The van der Waals surface area contributed by atoms with E-state index in [2.05, 4.69) is 17.3 Å². The van der Waals surface area contributed by atoms with Crippen LogP contribution in [0.5, 0.6) is 11.5 Å². The molecule has 0 fully saturated rings. The Morgan fingerprint density at radius 3 is 2.35 bits per heavy atom. The molecule has 98 valence electrons. The van der Waals surface area contributed by atoms with Gasteiger partial charge in [-0.15, -0.1) is 0 Å². The molecule has 0 radical (unpaired) electrons. The van der Waals surface area contributed by atoms with Gasteiger partial charge in [0.15, 0.2) is 6.29 Å². The van der Waals surface area contributed by atoms with Gasteiger partial charge in [-0.05, 0) is 29.0 Å². The van der Waals surface area contributed by atoms with Crippen LogP contribution in [0.3, 0.4) is 0 Å². The summed E-state index contributed by atoms with van der Waals surface area (Å²) in [4.78, 5) is 11.2. The zero-order valence-electron chi connectivity index (χ0n) is 11.4. The maximum atomic E-state index is 11.2. The molecule has 0 atom stereocenters. The number of halogens is 1. The first-order valence-electron chi connectivity index (χ1n) is 5.67. The standard InChI is InChI=1S/C14H11NO3.HI.K/c1-17-13-4-3-9-5-10(7-15)14(18-2)6-11(9)12(13)8-16;;/h3-6,8H,1-2H3;1H;/q;;+1/p-1. The number of ether oxygens (including phenoxy) is 2. The van der Waals surface area contributed by atoms with Gasteiger partial charge in [-0.3, -0.25) is 4.79 Å². The molecule has 0 N–H and O–H groups in total. The van der Waals surface area contributed by atoms with E-state index >= 15 is 0 Å². The van der Waals surface area contributed by atoms with Crippen molar-refractivity contribution < 1.29 is 14.3 Å². The Morgan fingerprint density at radius 1 is 1.20 bits per heavy atom. The van der Waals surface area contributed by atoms with Gasteiger partial charge in [0.2, 0.25) is 0 Å². The summed E-state index contributed by atoms with van der Waals surface area (Å²) in [6.07, 6.45) is 0.743. The molecule has 0 aromatic heterocycles. The van der Waals surface area contributed by atoms with E-state index in [9.17, 15) is 4.79 Å². The van der Waals surface area contributed by atoms with E-state index in [0.717, 1.165) is 54.4 Å². The quantitative estimate of drug-likeness (QED) is 0.446. The minimum atomic E-state index is 0.437. The zero-order chi connectivity index (χ0) is 15.1. The van der Waals surface area contributed by atoms with E-state index in [-0.39, 0.29) is 0 Å². The number of fused-ring (bicyclic) bond motifs is 1. The fraction of sp³-hybridized carbons (Fsp3) is 0.143. The normalized spacial score (nSPS) is 9.20. The van der Waals surface area contributed by atoms with Crippen LogP contribution >= 0.6 is 11.3 Å². The fourth-order valence-electron chi connectivity index (χ4n) is 1.91. The average Bonchev–Trinajstić information content (AvgIpc) is 2.53. The number of benzene rings is 2. The molecular formula is C14H11IKNO3. The first-order valence-corrected chi connectivity index (χ1v) is 15.7. The molecule has 4 nitrogen and oxygen atoms in total. The van der Waals surface area contributed by atoms with Crippen LogP contribution in [-0.4, -0.2) is 63.2 Å². The number of hydrogen-bond acceptors (Lipinski definition) is 4. The Kier molecular flexibility index (Phi) is 8.02. The third kappa shape index (κ3) is 3.72. The van der Waals surface area contributed by atoms with Crippen molar-refractivity contribution in [2.45, 2.75) is 0 Å². The maximum absolute atomic E-state index is 11.2. The number of nitriles is 1. The molecule has 0 heterocycles. The van der Waals surface area contributed by atoms with Crippen molar-refractivity contribution in [1.29, 1.82) is 5.26 Å². The van der Waals surface area contributed by atoms with Gasteiger partial charge < -0.3 is 9.47 Å². The van der Waals surface area contributed by atoms with Crippen LogP contribution in [0.25, 0.3) is 10.8 Å². The third-order valence-electron chi connectivity index (χ3n) is 2.80. The number of aldehydes is 1. The van der Waals surface area contributed by atoms with Crippen molar-refractivity contribution in [2.75, 3.05) is 14.2 Å². The van der Waals surface area contributed by atoms with Crippen LogP contribution in [0.1, 0.15) is 15.9 Å². The van der Waals surface area contributed by atoms with Crippen molar-refractivity contribution in [2.24, 2.45) is 0 Å². The molecule has 2 aromatic rings. The second-order valence-corrected chi connectivity index (χ2v) is 3.68. The minimum absolute atomic E-state index is 0.437. The Hall–Kier alpha value is -0.174. The van der Waals surface area contributed by atoms with Gasteiger partial charge in [-0.1, -0.05) is 6.07 Å². The summed E-state index contributed by atoms with van der Waals surface area (Å²) in [5.41, 5.74) is 0.893. The Bertz CT molecular complexity index is 667. The van der Waals surface area contributed by atoms with Crippen LogP contribution in [-0.2, 0) is 0 Å². The summed E-state index contributed by atoms with van der Waals surface area (Å²) in [6.45, 7) is 0. The van der Waals surface area contributed by atoms with Gasteiger partial charge in [0.05, 0.1) is 25.3 Å². The monoisotopic (exact) mass is 407 g/mol. The van der Waals surface area contributed by atoms with Crippen molar-refractivity contribution in [3.63, 3.8) is 0 Å². The molecule has 2 aromatic carbocycles. The fourth-order valence-corrected chi connectivity index (χ4v) is 1.91. The Balaban J connectivity index is 0.000000956. The predicted octanol–water partition coefficient (Wildman–Crippen LogP) is 3.05. The van der Waals surface area contributed by atoms with Gasteiger partial charge in [0.1, 0.15) is 17.6 Å². The second-order valence-electron chi connectivity index (χ2n) is 3.68. The molecule has 0 spiro atoms. The molecule has 0 aliphatic heterocycles. The van der Waals surface area contributed by atoms with Crippen LogP contribution < -0.4 is 9.47 Å². The number of methoxy groups -OCH3 is 2. The molecule has 0 saturated heterocycles. The van der Waals surface area contributed by atoms with E-state index in [1.54, 1.807) is 24.3 Å². The van der Waals surface area contributed by atoms with Gasteiger partial charge in [0.25, 0.3) is 0 Å². The molecule has 0 bridgehead atoms. The molecule has 0 amide bonds. The van der Waals surface area contributed by atoms with Gasteiger partial charge in [-0.2, -0.15) is 5.26 Å². The van der Waals surface area contributed by atoms with Crippen molar-refractivity contribution in [3.05, 3.63) is 35.4 Å². The Labute approximate surface area is 155 Å². The first-order chi connectivity index (χ1) is 9.74. The van der Waals surface area contributed by atoms with E-state index in [1.807, 2.05) is 0 Å². The Morgan fingerprint density at radius 2 is 1.85 bits per heavy atom. The van der Waals surface area contributed by atoms with Crippen LogP contribution in [0, 0.1) is 11.3 Å². The van der Waals surface area contributed by atoms with Gasteiger partial charge >= 0.3 is 54.0 Å². The van der Waals surface area contributed by atoms with Crippen LogP contribution in [0.2, 0.25) is 0 Å². The summed E-state index contributed by atoms with van der Waals surface area (Å²) in [7, 11) is 3.00. The molecule has 0 aliphatic carbocycles. The van der Waals surface area contributed by atoms with Crippen molar-refractivity contribution in [3.8, 4) is 17.6 Å². The molecule has 0 saturated carbocycles. The topological polar surface area (TPSA) is 59.3 Å². The van der Waals surface area contributed by atoms with Crippen LogP contribution in [0.4, 0.5) is 0 Å². The number of hydrogen-bond donors (Lipinski definition) is 0. The number of nitrogens with zero attached hydrogens (tertiary/aromatic N) is 1. The third-order valence-corrected chi connectivity index (χ3v) is 2.80. The zero-order valence-corrected chi connectivity index (χ0v) is 16.7. The van der Waals surface area contributed by atoms with Crippen molar-refractivity contribution in [1.82, 2.24) is 0 Å². The number of carbonyl (C=O) groups excluding carboxylic acids is 1. The SMILES string of the molecule is COc1cc2c(C=O)c(OC)ccc2cc1C#N.[K][I]. The van der Waals surface area contributed by atoms with E-state index in [1.165, 1.54) is 14.2 Å². The molecule has 20 heavy (non-hydrogen) atoms. The summed E-state index contributed by atoms with van der Waals surface area (Å²) >= 11 is 3.37. The van der Waals surface area contributed by atoms with E-state index in [4.69, 9.17) is 14.7 Å². The molecular weight excluding hydrogens is 396 g/mol. The van der Waals surface area contributed by atoms with Crippen LogP contribution in [0.15, 0.2) is 24.3 Å². The average molecular weight is 407 g/mol. The summed E-state index contributed by atoms with van der Waals surface area (Å²) in [6, 6.07) is 8.95. The van der Waals surface area contributed by atoms with E-state index in [0.29, 0.717) is 28.0 Å². The molecule has 0 aliphatic rings. The number of rotatable bonds is 3. The summed E-state index contributed by atoms with van der Waals surface area (Å²) < 4.78 is 10.3. The predicted molar refractivity (Wildman–Crippen MR) is 86.9 cm³/mol. The first kappa shape index (κ1) is 17.9. The molecule has 2 rings (SSSR count). The second kappa shape index (κ2) is 8.97. The van der Waals surface area contributed by atoms with Crippen molar-refractivity contribution >= 4 is 71.0 Å². The van der Waals surface area contributed by atoms with Gasteiger partial charge in [0, 0.05) is 0 Å². The van der Waals surface area contributed by atoms with Gasteiger partial charge in [-0.25, -0.2) is 0 Å². The summed E-state index contributed by atoms with van der Waals surface area (Å²) in [5.74, 6) is 0.950. The summed E-state index contributed by atoms with van der Waals surface area (Å²) in [5, 5.41) is 10.5. The van der Waals surface area contributed by atoms with E-state index < -0.39 is 0 Å². The number of carbonyl (C=O) groups is 1. The molecule has 0 unspecified atom stereocenters. The molecule has 6 heteroatoms.